The normalized spacial score (nSPS) is 20.1. The number of amides is 1. The number of nitrogens with zero attached hydrogens (tertiary/aromatic N) is 2. The molecule has 1 amide bonds. The Morgan fingerprint density at radius 2 is 2.14 bits per heavy atom. The summed E-state index contributed by atoms with van der Waals surface area (Å²) in [5, 5.41) is 2.87. The fraction of sp³-hybridized carbons (Fsp3) is 0.571. The third kappa shape index (κ3) is 4.25. The van der Waals surface area contributed by atoms with Crippen molar-refractivity contribution in [3.8, 4) is 0 Å². The van der Waals surface area contributed by atoms with Gasteiger partial charge in [-0.15, -0.1) is 0 Å². The van der Waals surface area contributed by atoms with Crippen LogP contribution >= 0.6 is 0 Å². The molecule has 0 aliphatic carbocycles. The maximum Gasteiger partial charge on any atom is 0.224 e. The summed E-state index contributed by atoms with van der Waals surface area (Å²) in [6.45, 7) is 2.88. The zero-order valence-electron chi connectivity index (χ0n) is 12.2. The largest absolute Gasteiger partial charge is 0.352 e. The molecule has 0 bridgehead atoms. The standard InChI is InChI=1S/C14H21N3O3S/c1-2-21(19,20)17-9-3-4-13(11-17)14(18)16-10-12-5-7-15-8-6-12/h5-8,13H,2-4,9-11H2,1H3,(H,16,18)/t13-/m1/s1. The summed E-state index contributed by atoms with van der Waals surface area (Å²) in [5.74, 6) is -0.261. The van der Waals surface area contributed by atoms with Crippen LogP contribution in [0, 0.1) is 5.92 Å². The van der Waals surface area contributed by atoms with Crippen molar-refractivity contribution in [2.75, 3.05) is 18.8 Å². The highest BCUT2D eigenvalue weighted by atomic mass is 32.2. The lowest BCUT2D eigenvalue weighted by Crippen LogP contribution is -2.45. The lowest BCUT2D eigenvalue weighted by molar-refractivity contribution is -0.126. The van der Waals surface area contributed by atoms with Crippen LogP contribution in [0.5, 0.6) is 0 Å². The van der Waals surface area contributed by atoms with Gasteiger partial charge >= 0.3 is 0 Å². The highest BCUT2D eigenvalue weighted by Crippen LogP contribution is 2.19. The molecule has 1 saturated heterocycles. The van der Waals surface area contributed by atoms with E-state index in [0.29, 0.717) is 19.6 Å². The molecule has 1 N–H and O–H groups in total. The third-order valence-electron chi connectivity index (χ3n) is 3.73. The number of piperidine rings is 1. The molecule has 1 fully saturated rings. The van der Waals surface area contributed by atoms with Gasteiger partial charge in [-0.25, -0.2) is 12.7 Å². The van der Waals surface area contributed by atoms with Crippen LogP contribution in [-0.4, -0.2) is 42.5 Å². The summed E-state index contributed by atoms with van der Waals surface area (Å²) in [6, 6.07) is 3.68. The van der Waals surface area contributed by atoms with Crippen molar-refractivity contribution in [2.24, 2.45) is 5.92 Å². The zero-order chi connectivity index (χ0) is 15.3. The Kier molecular flexibility index (Phi) is 5.30. The Hall–Kier alpha value is -1.47. The van der Waals surface area contributed by atoms with E-state index in [2.05, 4.69) is 10.3 Å². The smallest absolute Gasteiger partial charge is 0.224 e. The van der Waals surface area contributed by atoms with Crippen LogP contribution in [0.3, 0.4) is 0 Å². The fourth-order valence-electron chi connectivity index (χ4n) is 2.43. The van der Waals surface area contributed by atoms with Gasteiger partial charge in [-0.2, -0.15) is 0 Å². The van der Waals surface area contributed by atoms with E-state index in [1.54, 1.807) is 19.3 Å². The molecule has 116 valence electrons. The van der Waals surface area contributed by atoms with Gasteiger partial charge < -0.3 is 5.32 Å². The van der Waals surface area contributed by atoms with E-state index in [1.165, 1.54) is 4.31 Å². The first-order valence-electron chi connectivity index (χ1n) is 7.17. The first-order valence-corrected chi connectivity index (χ1v) is 8.78. The van der Waals surface area contributed by atoms with Crippen molar-refractivity contribution >= 4 is 15.9 Å². The molecule has 1 aliphatic heterocycles. The van der Waals surface area contributed by atoms with Crippen LogP contribution in [0.15, 0.2) is 24.5 Å². The minimum Gasteiger partial charge on any atom is -0.352 e. The number of carbonyl (C=O) groups is 1. The van der Waals surface area contributed by atoms with Crippen LogP contribution < -0.4 is 5.32 Å². The summed E-state index contributed by atoms with van der Waals surface area (Å²) >= 11 is 0. The highest BCUT2D eigenvalue weighted by Gasteiger charge is 2.31. The predicted molar refractivity (Wildman–Crippen MR) is 79.8 cm³/mol. The molecule has 0 radical (unpaired) electrons. The van der Waals surface area contributed by atoms with Gasteiger partial charge in [0.2, 0.25) is 15.9 Å². The number of pyridine rings is 1. The molecule has 0 saturated carbocycles. The number of carbonyl (C=O) groups excluding carboxylic acids is 1. The Morgan fingerprint density at radius 1 is 1.43 bits per heavy atom. The highest BCUT2D eigenvalue weighted by molar-refractivity contribution is 7.89. The van der Waals surface area contributed by atoms with Gasteiger partial charge in [-0.05, 0) is 37.5 Å². The fourth-order valence-corrected chi connectivity index (χ4v) is 3.61. The quantitative estimate of drug-likeness (QED) is 0.870. The second-order valence-electron chi connectivity index (χ2n) is 5.17. The molecular formula is C14H21N3O3S. The Balaban J connectivity index is 1.90. The molecule has 1 aromatic rings. The third-order valence-corrected chi connectivity index (χ3v) is 5.58. The maximum absolute atomic E-state index is 12.2. The first-order chi connectivity index (χ1) is 10.0. The van der Waals surface area contributed by atoms with Crippen molar-refractivity contribution < 1.29 is 13.2 Å². The van der Waals surface area contributed by atoms with E-state index in [9.17, 15) is 13.2 Å². The van der Waals surface area contributed by atoms with E-state index >= 15 is 0 Å². The lowest BCUT2D eigenvalue weighted by atomic mass is 9.99. The van der Waals surface area contributed by atoms with E-state index in [4.69, 9.17) is 0 Å². The van der Waals surface area contributed by atoms with Gasteiger partial charge in [-0.1, -0.05) is 0 Å². The molecule has 2 rings (SSSR count). The Morgan fingerprint density at radius 3 is 2.81 bits per heavy atom. The molecule has 7 heteroatoms. The van der Waals surface area contributed by atoms with Gasteiger partial charge in [0.1, 0.15) is 0 Å². The number of nitrogens with one attached hydrogen (secondary N) is 1. The molecule has 1 atom stereocenters. The predicted octanol–water partition coefficient (Wildman–Crippen LogP) is 0.759. The minimum atomic E-state index is -3.21. The molecular weight excluding hydrogens is 290 g/mol. The van der Waals surface area contributed by atoms with Crippen molar-refractivity contribution in [3.63, 3.8) is 0 Å². The second-order valence-corrected chi connectivity index (χ2v) is 7.43. The summed E-state index contributed by atoms with van der Waals surface area (Å²) in [6.07, 6.45) is 4.82. The first kappa shape index (κ1) is 15.9. The van der Waals surface area contributed by atoms with Crippen molar-refractivity contribution in [1.29, 1.82) is 0 Å². The molecule has 0 unspecified atom stereocenters. The van der Waals surface area contributed by atoms with Crippen LogP contribution in [-0.2, 0) is 21.4 Å². The summed E-state index contributed by atoms with van der Waals surface area (Å²) < 4.78 is 25.2. The number of rotatable bonds is 5. The van der Waals surface area contributed by atoms with Crippen molar-refractivity contribution in [3.05, 3.63) is 30.1 Å². The van der Waals surface area contributed by atoms with Gasteiger partial charge in [-0.3, -0.25) is 9.78 Å². The zero-order valence-corrected chi connectivity index (χ0v) is 13.0. The van der Waals surface area contributed by atoms with Gasteiger partial charge in [0.25, 0.3) is 0 Å². The topological polar surface area (TPSA) is 79.4 Å². The minimum absolute atomic E-state index is 0.0807. The van der Waals surface area contributed by atoms with Gasteiger partial charge in [0.15, 0.2) is 0 Å². The Labute approximate surface area is 125 Å². The Bertz CT molecular complexity index is 574. The molecule has 0 spiro atoms. The van der Waals surface area contributed by atoms with Crippen LogP contribution in [0.4, 0.5) is 0 Å². The monoisotopic (exact) mass is 311 g/mol. The average molecular weight is 311 g/mol. The molecule has 1 aromatic heterocycles. The lowest BCUT2D eigenvalue weighted by Gasteiger charge is -2.30. The van der Waals surface area contributed by atoms with Crippen molar-refractivity contribution in [2.45, 2.75) is 26.3 Å². The van der Waals surface area contributed by atoms with Crippen LogP contribution in [0.2, 0.25) is 0 Å². The molecule has 1 aliphatic rings. The van der Waals surface area contributed by atoms with Gasteiger partial charge in [0.05, 0.1) is 11.7 Å². The molecule has 21 heavy (non-hydrogen) atoms. The summed E-state index contributed by atoms with van der Waals surface area (Å²) in [5.41, 5.74) is 0.979. The number of sulfonamides is 1. The SMILES string of the molecule is CCS(=O)(=O)N1CCC[C@@H](C(=O)NCc2ccncc2)C1. The number of aromatic nitrogens is 1. The van der Waals surface area contributed by atoms with Crippen LogP contribution in [0.25, 0.3) is 0 Å². The maximum atomic E-state index is 12.2. The van der Waals surface area contributed by atoms with E-state index in [-0.39, 0.29) is 17.6 Å². The summed E-state index contributed by atoms with van der Waals surface area (Å²) in [7, 11) is -3.21. The van der Waals surface area contributed by atoms with Crippen molar-refractivity contribution in [1.82, 2.24) is 14.6 Å². The van der Waals surface area contributed by atoms with Gasteiger partial charge in [0, 0.05) is 32.0 Å². The number of hydrogen-bond acceptors (Lipinski definition) is 4. The van der Waals surface area contributed by atoms with E-state index in [0.717, 1.165) is 18.4 Å². The second kappa shape index (κ2) is 7.00. The molecule has 0 aromatic carbocycles. The average Bonchev–Trinajstić information content (AvgIpc) is 2.53. The van der Waals surface area contributed by atoms with E-state index in [1.807, 2.05) is 12.1 Å². The summed E-state index contributed by atoms with van der Waals surface area (Å²) in [4.78, 5) is 16.1. The van der Waals surface area contributed by atoms with E-state index < -0.39 is 10.0 Å². The molecule has 2 heterocycles. The molecule has 6 nitrogen and oxygen atoms in total. The van der Waals surface area contributed by atoms with Crippen LogP contribution in [0.1, 0.15) is 25.3 Å². The number of hydrogen-bond donors (Lipinski definition) is 1.